The molecule has 0 heterocycles. The van der Waals surface area contributed by atoms with Crippen molar-refractivity contribution in [2.24, 2.45) is 0 Å². The molecule has 0 unspecified atom stereocenters. The zero-order chi connectivity index (χ0) is 12.2. The molecule has 1 N–H and O–H groups in total. The summed E-state index contributed by atoms with van der Waals surface area (Å²) >= 11 is 3.17. The van der Waals surface area contributed by atoms with Crippen LogP contribution in [0.25, 0.3) is 0 Å². The number of benzene rings is 1. The summed E-state index contributed by atoms with van der Waals surface area (Å²) in [6, 6.07) is 4.59. The molecule has 1 aromatic carbocycles. The number of aliphatic hydroxyl groups is 1. The van der Waals surface area contributed by atoms with Crippen molar-refractivity contribution in [2.75, 3.05) is 6.61 Å². The molecule has 1 rings (SSSR count). The predicted octanol–water partition coefficient (Wildman–Crippen LogP) is 3.52. The van der Waals surface area contributed by atoms with Crippen molar-refractivity contribution in [1.82, 2.24) is 0 Å². The highest BCUT2D eigenvalue weighted by atomic mass is 79.9. The lowest BCUT2D eigenvalue weighted by Crippen LogP contribution is -2.34. The summed E-state index contributed by atoms with van der Waals surface area (Å²) in [7, 11) is 0. The molecule has 0 saturated heterocycles. The summed E-state index contributed by atoms with van der Waals surface area (Å²) in [5.74, 6) is -0.257. The minimum atomic E-state index is -0.875. The van der Waals surface area contributed by atoms with Crippen LogP contribution in [0.3, 0.4) is 0 Å². The number of ether oxygens (including phenoxy) is 1. The fourth-order valence-corrected chi connectivity index (χ4v) is 1.59. The minimum Gasteiger partial charge on any atom is -0.488 e. The van der Waals surface area contributed by atoms with Gasteiger partial charge in [0.15, 0.2) is 11.6 Å². The van der Waals surface area contributed by atoms with E-state index in [1.807, 2.05) is 13.8 Å². The van der Waals surface area contributed by atoms with Crippen LogP contribution < -0.4 is 4.74 Å². The first-order chi connectivity index (χ1) is 7.50. The van der Waals surface area contributed by atoms with Crippen molar-refractivity contribution in [1.29, 1.82) is 0 Å². The first-order valence-electron chi connectivity index (χ1n) is 5.31. The first kappa shape index (κ1) is 13.5. The van der Waals surface area contributed by atoms with E-state index in [2.05, 4.69) is 15.9 Å². The zero-order valence-corrected chi connectivity index (χ0v) is 11.1. The third kappa shape index (κ3) is 3.46. The van der Waals surface area contributed by atoms with Gasteiger partial charge >= 0.3 is 0 Å². The van der Waals surface area contributed by atoms with Crippen molar-refractivity contribution in [3.63, 3.8) is 0 Å². The number of hydrogen-bond donors (Lipinski definition) is 1. The van der Waals surface area contributed by atoms with Crippen LogP contribution >= 0.6 is 15.9 Å². The van der Waals surface area contributed by atoms with Gasteiger partial charge in [0.2, 0.25) is 0 Å². The lowest BCUT2D eigenvalue weighted by atomic mass is 9.99. The van der Waals surface area contributed by atoms with Crippen LogP contribution in [0.2, 0.25) is 0 Å². The molecule has 0 aromatic heterocycles. The van der Waals surface area contributed by atoms with E-state index in [9.17, 15) is 9.50 Å². The second-order valence-corrected chi connectivity index (χ2v) is 4.71. The second kappa shape index (κ2) is 5.64. The van der Waals surface area contributed by atoms with Gasteiger partial charge in [-0.15, -0.1) is 0 Å². The zero-order valence-electron chi connectivity index (χ0n) is 9.46. The maximum Gasteiger partial charge on any atom is 0.166 e. The largest absolute Gasteiger partial charge is 0.488 e. The molecule has 90 valence electrons. The predicted molar refractivity (Wildman–Crippen MR) is 65.1 cm³/mol. The molecule has 0 bridgehead atoms. The van der Waals surface area contributed by atoms with E-state index in [4.69, 9.17) is 4.74 Å². The van der Waals surface area contributed by atoms with Crippen LogP contribution in [0.5, 0.6) is 5.75 Å². The van der Waals surface area contributed by atoms with Crippen LogP contribution in [0.4, 0.5) is 4.39 Å². The highest BCUT2D eigenvalue weighted by Crippen LogP contribution is 2.23. The molecule has 2 nitrogen and oxygen atoms in total. The molecule has 16 heavy (non-hydrogen) atoms. The molecule has 0 atom stereocenters. The normalized spacial score (nSPS) is 11.6. The Bertz CT molecular complexity index is 351. The Kier molecular flexibility index (Phi) is 4.74. The average Bonchev–Trinajstić information content (AvgIpc) is 2.27. The maximum atomic E-state index is 13.4. The molecule has 0 saturated carbocycles. The first-order valence-corrected chi connectivity index (χ1v) is 6.10. The molecule has 0 amide bonds. The van der Waals surface area contributed by atoms with Gasteiger partial charge in [-0.2, -0.15) is 0 Å². The lowest BCUT2D eigenvalue weighted by Gasteiger charge is -2.25. The van der Waals surface area contributed by atoms with Crippen molar-refractivity contribution >= 4 is 15.9 Å². The molecule has 0 aliphatic carbocycles. The SMILES string of the molecule is CCC(O)(CC)COc1ccc(Br)cc1F. The quantitative estimate of drug-likeness (QED) is 0.899. The van der Waals surface area contributed by atoms with Gasteiger partial charge in [-0.05, 0) is 31.0 Å². The van der Waals surface area contributed by atoms with Crippen molar-refractivity contribution in [3.05, 3.63) is 28.5 Å². The smallest absolute Gasteiger partial charge is 0.166 e. The Morgan fingerprint density at radius 3 is 2.50 bits per heavy atom. The molecule has 0 fully saturated rings. The van der Waals surface area contributed by atoms with Crippen molar-refractivity contribution < 1.29 is 14.2 Å². The molecule has 0 radical (unpaired) electrons. The Morgan fingerprint density at radius 2 is 2.00 bits per heavy atom. The third-order valence-corrected chi connectivity index (χ3v) is 3.20. The van der Waals surface area contributed by atoms with Gasteiger partial charge in [0.25, 0.3) is 0 Å². The Balaban J connectivity index is 2.67. The average molecular weight is 291 g/mol. The van der Waals surface area contributed by atoms with Gasteiger partial charge < -0.3 is 9.84 Å². The van der Waals surface area contributed by atoms with E-state index in [-0.39, 0.29) is 12.4 Å². The summed E-state index contributed by atoms with van der Waals surface area (Å²) in [6.07, 6.45) is 1.17. The number of halogens is 2. The fourth-order valence-electron chi connectivity index (χ4n) is 1.26. The lowest BCUT2D eigenvalue weighted by molar-refractivity contribution is -0.0123. The molecular formula is C12H16BrFO2. The van der Waals surface area contributed by atoms with E-state index in [0.29, 0.717) is 17.3 Å². The van der Waals surface area contributed by atoms with Crippen LogP contribution in [0.1, 0.15) is 26.7 Å². The van der Waals surface area contributed by atoms with E-state index in [1.165, 1.54) is 6.07 Å². The van der Waals surface area contributed by atoms with E-state index < -0.39 is 11.4 Å². The van der Waals surface area contributed by atoms with Crippen molar-refractivity contribution in [3.8, 4) is 5.75 Å². The van der Waals surface area contributed by atoms with Gasteiger partial charge in [0, 0.05) is 4.47 Å². The highest BCUT2D eigenvalue weighted by Gasteiger charge is 2.23. The molecule has 4 heteroatoms. The summed E-state index contributed by atoms with van der Waals surface area (Å²) in [5.41, 5.74) is -0.875. The fraction of sp³-hybridized carbons (Fsp3) is 0.500. The third-order valence-electron chi connectivity index (χ3n) is 2.71. The van der Waals surface area contributed by atoms with Gasteiger partial charge in [0.1, 0.15) is 6.61 Å². The maximum absolute atomic E-state index is 13.4. The van der Waals surface area contributed by atoms with Gasteiger partial charge in [0.05, 0.1) is 5.60 Å². The monoisotopic (exact) mass is 290 g/mol. The van der Waals surface area contributed by atoms with Crippen molar-refractivity contribution in [2.45, 2.75) is 32.3 Å². The van der Waals surface area contributed by atoms with Crippen LogP contribution in [0.15, 0.2) is 22.7 Å². The van der Waals surface area contributed by atoms with Gasteiger partial charge in [-0.25, -0.2) is 4.39 Å². The van der Waals surface area contributed by atoms with Gasteiger partial charge in [-0.3, -0.25) is 0 Å². The van der Waals surface area contributed by atoms with E-state index >= 15 is 0 Å². The second-order valence-electron chi connectivity index (χ2n) is 3.79. The van der Waals surface area contributed by atoms with Crippen LogP contribution in [-0.2, 0) is 0 Å². The summed E-state index contributed by atoms with van der Waals surface area (Å²) < 4.78 is 19.4. The molecular weight excluding hydrogens is 275 g/mol. The Morgan fingerprint density at radius 1 is 1.38 bits per heavy atom. The van der Waals surface area contributed by atoms with E-state index in [1.54, 1.807) is 12.1 Å². The van der Waals surface area contributed by atoms with Gasteiger partial charge in [-0.1, -0.05) is 29.8 Å². The minimum absolute atomic E-state index is 0.110. The summed E-state index contributed by atoms with van der Waals surface area (Å²) in [6.45, 7) is 3.87. The molecule has 0 aliphatic heterocycles. The topological polar surface area (TPSA) is 29.5 Å². The highest BCUT2D eigenvalue weighted by molar-refractivity contribution is 9.10. The molecule has 1 aromatic rings. The Labute approximate surface area is 104 Å². The number of rotatable bonds is 5. The van der Waals surface area contributed by atoms with Crippen LogP contribution in [-0.4, -0.2) is 17.3 Å². The Hall–Kier alpha value is -0.610. The van der Waals surface area contributed by atoms with Crippen LogP contribution in [0, 0.1) is 5.82 Å². The van der Waals surface area contributed by atoms with E-state index in [0.717, 1.165) is 0 Å². The molecule has 0 spiro atoms. The standard InChI is InChI=1S/C12H16BrFO2/c1-3-12(15,4-2)8-16-11-6-5-9(13)7-10(11)14/h5-7,15H,3-4,8H2,1-2H3. The number of hydrogen-bond acceptors (Lipinski definition) is 2. The molecule has 0 aliphatic rings. The summed E-state index contributed by atoms with van der Waals surface area (Å²) in [5, 5.41) is 9.98. The summed E-state index contributed by atoms with van der Waals surface area (Å²) in [4.78, 5) is 0.